The van der Waals surface area contributed by atoms with Crippen molar-refractivity contribution in [3.63, 3.8) is 0 Å². The van der Waals surface area contributed by atoms with Crippen LogP contribution in [0.25, 0.3) is 0 Å². The molecule has 9 heavy (non-hydrogen) atoms. The van der Waals surface area contributed by atoms with E-state index in [4.69, 9.17) is 5.11 Å². The Kier molecular flexibility index (Phi) is 6.65. The Bertz CT molecular complexity index is 56.9. The first kappa shape index (κ1) is 9.31. The predicted molar refractivity (Wildman–Crippen MR) is 43.7 cm³/mol. The van der Waals surface area contributed by atoms with Crippen molar-refractivity contribution < 1.29 is 5.11 Å². The van der Waals surface area contributed by atoms with E-state index >= 15 is 0 Å². The maximum Gasteiger partial charge on any atom is 0.0888 e. The summed E-state index contributed by atoms with van der Waals surface area (Å²) in [5.74, 6) is 0.269. The van der Waals surface area contributed by atoms with Crippen LogP contribution in [-0.4, -0.2) is 16.3 Å². The number of aliphatic hydroxyl groups is 1. The number of rotatable bonds is 5. The van der Waals surface area contributed by atoms with Gasteiger partial charge in [0.25, 0.3) is 0 Å². The summed E-state index contributed by atoms with van der Waals surface area (Å²) >= 11 is 1.63. The quantitative estimate of drug-likeness (QED) is 0.603. The molecule has 0 aromatic carbocycles. The first-order valence-electron chi connectivity index (χ1n) is 3.53. The molecule has 0 aliphatic carbocycles. The molecule has 1 nitrogen and oxygen atoms in total. The van der Waals surface area contributed by atoms with Crippen molar-refractivity contribution in [2.45, 2.75) is 38.4 Å². The van der Waals surface area contributed by atoms with Crippen LogP contribution in [0, 0.1) is 0 Å². The van der Waals surface area contributed by atoms with E-state index in [1.54, 1.807) is 11.8 Å². The van der Waals surface area contributed by atoms with E-state index in [1.165, 1.54) is 19.3 Å². The van der Waals surface area contributed by atoms with Crippen LogP contribution in [0.5, 0.6) is 0 Å². The molecular weight excluding hydrogens is 132 g/mol. The second kappa shape index (κ2) is 6.43. The molecule has 0 amide bonds. The van der Waals surface area contributed by atoms with Gasteiger partial charge in [0.05, 0.1) is 5.94 Å². The van der Waals surface area contributed by atoms with Crippen LogP contribution in [0.4, 0.5) is 0 Å². The minimum absolute atomic E-state index is 0.269. The lowest BCUT2D eigenvalue weighted by atomic mass is 10.2. The third kappa shape index (κ3) is 6.19. The van der Waals surface area contributed by atoms with Crippen LogP contribution in [0.3, 0.4) is 0 Å². The molecule has 0 fully saturated rings. The summed E-state index contributed by atoms with van der Waals surface area (Å²) in [6.07, 6.45) is 3.78. The SMILES string of the molecule is CCCCC(C)SCO. The Morgan fingerprint density at radius 3 is 2.67 bits per heavy atom. The van der Waals surface area contributed by atoms with E-state index in [1.807, 2.05) is 0 Å². The molecule has 0 saturated heterocycles. The van der Waals surface area contributed by atoms with Gasteiger partial charge in [-0.05, 0) is 6.42 Å². The van der Waals surface area contributed by atoms with Crippen LogP contribution in [0.15, 0.2) is 0 Å². The van der Waals surface area contributed by atoms with Crippen molar-refractivity contribution in [2.24, 2.45) is 0 Å². The van der Waals surface area contributed by atoms with Crippen molar-refractivity contribution in [1.29, 1.82) is 0 Å². The van der Waals surface area contributed by atoms with Gasteiger partial charge in [-0.15, -0.1) is 11.8 Å². The molecule has 1 N–H and O–H groups in total. The molecule has 0 spiro atoms. The lowest BCUT2D eigenvalue weighted by Gasteiger charge is -2.06. The summed E-state index contributed by atoms with van der Waals surface area (Å²) in [5.41, 5.74) is 0. The van der Waals surface area contributed by atoms with Crippen LogP contribution in [-0.2, 0) is 0 Å². The molecular formula is C7H16OS. The minimum Gasteiger partial charge on any atom is -0.386 e. The van der Waals surface area contributed by atoms with Gasteiger partial charge in [-0.3, -0.25) is 0 Å². The molecule has 0 saturated carbocycles. The maximum atomic E-state index is 8.50. The van der Waals surface area contributed by atoms with E-state index in [0.717, 1.165) is 0 Å². The largest absolute Gasteiger partial charge is 0.386 e. The maximum absolute atomic E-state index is 8.50. The van der Waals surface area contributed by atoms with Crippen molar-refractivity contribution in [3.8, 4) is 0 Å². The highest BCUT2D eigenvalue weighted by molar-refractivity contribution is 7.99. The molecule has 0 heterocycles. The van der Waals surface area contributed by atoms with Gasteiger partial charge in [0.15, 0.2) is 0 Å². The monoisotopic (exact) mass is 148 g/mol. The summed E-state index contributed by atoms with van der Waals surface area (Å²) in [6, 6.07) is 0. The van der Waals surface area contributed by atoms with Gasteiger partial charge in [0, 0.05) is 5.25 Å². The first-order chi connectivity index (χ1) is 4.31. The van der Waals surface area contributed by atoms with Crippen LogP contribution in [0.2, 0.25) is 0 Å². The lowest BCUT2D eigenvalue weighted by Crippen LogP contribution is -1.96. The Morgan fingerprint density at radius 2 is 2.22 bits per heavy atom. The molecule has 56 valence electrons. The summed E-state index contributed by atoms with van der Waals surface area (Å²) in [5, 5.41) is 9.13. The zero-order chi connectivity index (χ0) is 7.11. The molecule has 0 aromatic rings. The molecule has 0 bridgehead atoms. The van der Waals surface area contributed by atoms with Crippen LogP contribution < -0.4 is 0 Å². The van der Waals surface area contributed by atoms with Crippen molar-refractivity contribution in [1.82, 2.24) is 0 Å². The Labute approximate surface area is 61.8 Å². The zero-order valence-electron chi connectivity index (χ0n) is 6.26. The van der Waals surface area contributed by atoms with E-state index in [0.29, 0.717) is 5.25 Å². The third-order valence-electron chi connectivity index (χ3n) is 1.32. The van der Waals surface area contributed by atoms with Gasteiger partial charge in [0.1, 0.15) is 0 Å². The lowest BCUT2D eigenvalue weighted by molar-refractivity contribution is 0.374. The molecule has 0 rings (SSSR count). The number of thioether (sulfide) groups is 1. The summed E-state index contributed by atoms with van der Waals surface area (Å²) < 4.78 is 0. The molecule has 0 radical (unpaired) electrons. The van der Waals surface area contributed by atoms with Crippen LogP contribution in [0.1, 0.15) is 33.1 Å². The van der Waals surface area contributed by atoms with Crippen molar-refractivity contribution in [2.75, 3.05) is 5.94 Å². The smallest absolute Gasteiger partial charge is 0.0888 e. The minimum atomic E-state index is 0.269. The van der Waals surface area contributed by atoms with E-state index in [2.05, 4.69) is 13.8 Å². The van der Waals surface area contributed by atoms with Crippen LogP contribution >= 0.6 is 11.8 Å². The molecule has 2 heteroatoms. The van der Waals surface area contributed by atoms with Gasteiger partial charge in [-0.2, -0.15) is 0 Å². The first-order valence-corrected chi connectivity index (χ1v) is 4.58. The fraction of sp³-hybridized carbons (Fsp3) is 1.00. The standard InChI is InChI=1S/C7H16OS/c1-3-4-5-7(2)9-6-8/h7-8H,3-6H2,1-2H3. The molecule has 0 aliphatic rings. The van der Waals surface area contributed by atoms with E-state index in [-0.39, 0.29) is 5.94 Å². The highest BCUT2D eigenvalue weighted by Crippen LogP contribution is 2.14. The predicted octanol–water partition coefficient (Wildman–Crippen LogP) is 2.25. The molecule has 1 unspecified atom stereocenters. The number of hydrogen-bond acceptors (Lipinski definition) is 2. The summed E-state index contributed by atoms with van der Waals surface area (Å²) in [6.45, 7) is 4.35. The highest BCUT2D eigenvalue weighted by atomic mass is 32.2. The van der Waals surface area contributed by atoms with Gasteiger partial charge in [-0.1, -0.05) is 26.7 Å². The number of unbranched alkanes of at least 4 members (excludes halogenated alkanes) is 1. The normalized spacial score (nSPS) is 13.7. The molecule has 0 aliphatic heterocycles. The average molecular weight is 148 g/mol. The molecule has 0 aromatic heterocycles. The topological polar surface area (TPSA) is 20.2 Å². The van der Waals surface area contributed by atoms with Crippen molar-refractivity contribution in [3.05, 3.63) is 0 Å². The van der Waals surface area contributed by atoms with Gasteiger partial charge in [-0.25, -0.2) is 0 Å². The van der Waals surface area contributed by atoms with Crippen molar-refractivity contribution >= 4 is 11.8 Å². The Balaban J connectivity index is 2.95. The highest BCUT2D eigenvalue weighted by Gasteiger charge is 1.98. The Morgan fingerprint density at radius 1 is 1.56 bits per heavy atom. The summed E-state index contributed by atoms with van der Waals surface area (Å²) in [4.78, 5) is 0. The Hall–Kier alpha value is 0.310. The van der Waals surface area contributed by atoms with Gasteiger partial charge in [0.2, 0.25) is 0 Å². The number of aliphatic hydroxyl groups excluding tert-OH is 1. The average Bonchev–Trinajstić information content (AvgIpc) is 1.85. The van der Waals surface area contributed by atoms with E-state index in [9.17, 15) is 0 Å². The van der Waals surface area contributed by atoms with E-state index < -0.39 is 0 Å². The van der Waals surface area contributed by atoms with Gasteiger partial charge < -0.3 is 5.11 Å². The second-order valence-corrected chi connectivity index (χ2v) is 3.64. The fourth-order valence-electron chi connectivity index (χ4n) is 0.702. The third-order valence-corrected chi connectivity index (χ3v) is 2.28. The van der Waals surface area contributed by atoms with Gasteiger partial charge >= 0.3 is 0 Å². The number of hydrogen-bond donors (Lipinski definition) is 1. The molecule has 1 atom stereocenters. The fourth-order valence-corrected chi connectivity index (χ4v) is 1.29. The summed E-state index contributed by atoms with van der Waals surface area (Å²) in [7, 11) is 0. The second-order valence-electron chi connectivity index (χ2n) is 2.25. The zero-order valence-corrected chi connectivity index (χ0v) is 7.08.